The molecule has 0 atom stereocenters. The smallest absolute Gasteiger partial charge is 0.346 e. The molecule has 1 heterocycles. The fraction of sp³-hybridized carbons (Fsp3) is 0.182. The molecule has 0 amide bonds. The molecule has 5 heteroatoms. The molecule has 0 spiro atoms. The van der Waals surface area contributed by atoms with Gasteiger partial charge in [0.05, 0.1) is 0 Å². The van der Waals surface area contributed by atoms with E-state index in [2.05, 4.69) is 0 Å². The lowest BCUT2D eigenvalue weighted by atomic mass is 10.1. The Labute approximate surface area is 100 Å². The van der Waals surface area contributed by atoms with Gasteiger partial charge in [0.2, 0.25) is 0 Å². The van der Waals surface area contributed by atoms with Gasteiger partial charge in [-0.05, 0) is 24.0 Å². The van der Waals surface area contributed by atoms with Crippen LogP contribution in [0.4, 0.5) is 4.39 Å². The Hall–Kier alpha value is -1.07. The Morgan fingerprint density at radius 2 is 2.31 bits per heavy atom. The number of thioether (sulfide) groups is 1. The molecular weight excluding hydrogens is 247 g/mol. The van der Waals surface area contributed by atoms with E-state index >= 15 is 0 Å². The molecule has 0 aliphatic heterocycles. The molecule has 0 aliphatic carbocycles. The molecule has 2 nitrogen and oxygen atoms in total. The van der Waals surface area contributed by atoms with E-state index in [1.54, 1.807) is 12.1 Å². The van der Waals surface area contributed by atoms with Crippen molar-refractivity contribution < 1.29 is 14.3 Å². The Balaban J connectivity index is 2.77. The van der Waals surface area contributed by atoms with Crippen LogP contribution in [0, 0.1) is 5.82 Å². The molecule has 0 unspecified atom stereocenters. The van der Waals surface area contributed by atoms with Gasteiger partial charge in [0, 0.05) is 15.8 Å². The van der Waals surface area contributed by atoms with Gasteiger partial charge in [-0.2, -0.15) is 11.8 Å². The first-order chi connectivity index (χ1) is 7.65. The van der Waals surface area contributed by atoms with Crippen molar-refractivity contribution >= 4 is 39.2 Å². The minimum Gasteiger partial charge on any atom is -0.477 e. The van der Waals surface area contributed by atoms with E-state index in [0.29, 0.717) is 21.4 Å². The van der Waals surface area contributed by atoms with Gasteiger partial charge in [0.15, 0.2) is 0 Å². The van der Waals surface area contributed by atoms with Crippen molar-refractivity contribution in [2.45, 2.75) is 5.75 Å². The summed E-state index contributed by atoms with van der Waals surface area (Å²) < 4.78 is 14.3. The Kier molecular flexibility index (Phi) is 3.16. The van der Waals surface area contributed by atoms with Crippen LogP contribution in [0.15, 0.2) is 18.2 Å². The van der Waals surface area contributed by atoms with Crippen molar-refractivity contribution in [3.63, 3.8) is 0 Å². The molecule has 1 aromatic carbocycles. The zero-order valence-electron chi connectivity index (χ0n) is 8.49. The third kappa shape index (κ3) is 1.81. The molecule has 0 saturated carbocycles. The van der Waals surface area contributed by atoms with Gasteiger partial charge in [-0.3, -0.25) is 0 Å². The number of halogens is 1. The van der Waals surface area contributed by atoms with Gasteiger partial charge >= 0.3 is 5.97 Å². The predicted molar refractivity (Wildman–Crippen MR) is 66.0 cm³/mol. The van der Waals surface area contributed by atoms with Gasteiger partial charge in [-0.25, -0.2) is 9.18 Å². The number of hydrogen-bond donors (Lipinski definition) is 1. The topological polar surface area (TPSA) is 37.3 Å². The van der Waals surface area contributed by atoms with Crippen LogP contribution in [-0.4, -0.2) is 17.3 Å². The van der Waals surface area contributed by atoms with Crippen LogP contribution in [0.3, 0.4) is 0 Å². The van der Waals surface area contributed by atoms with Gasteiger partial charge < -0.3 is 5.11 Å². The van der Waals surface area contributed by atoms with Crippen LogP contribution >= 0.6 is 23.1 Å². The number of aromatic carboxylic acids is 1. The molecule has 16 heavy (non-hydrogen) atoms. The maximum Gasteiger partial charge on any atom is 0.346 e. The lowest BCUT2D eigenvalue weighted by molar-refractivity contribution is 0.0701. The molecule has 0 radical (unpaired) electrons. The van der Waals surface area contributed by atoms with Crippen molar-refractivity contribution in [1.82, 2.24) is 0 Å². The summed E-state index contributed by atoms with van der Waals surface area (Å²) >= 11 is 2.62. The van der Waals surface area contributed by atoms with Crippen LogP contribution in [0.25, 0.3) is 10.1 Å². The highest BCUT2D eigenvalue weighted by molar-refractivity contribution is 7.97. The number of carbonyl (C=O) groups is 1. The molecule has 1 aromatic heterocycles. The van der Waals surface area contributed by atoms with E-state index in [9.17, 15) is 9.18 Å². The summed E-state index contributed by atoms with van der Waals surface area (Å²) in [7, 11) is 0. The average molecular weight is 256 g/mol. The van der Waals surface area contributed by atoms with Crippen molar-refractivity contribution in [2.24, 2.45) is 0 Å². The summed E-state index contributed by atoms with van der Waals surface area (Å²) in [6, 6.07) is 4.71. The molecule has 2 rings (SSSR count). The van der Waals surface area contributed by atoms with Gasteiger partial charge in [0.1, 0.15) is 10.7 Å². The minimum atomic E-state index is -0.982. The number of benzene rings is 1. The van der Waals surface area contributed by atoms with E-state index in [1.165, 1.54) is 17.8 Å². The maximum absolute atomic E-state index is 13.7. The van der Waals surface area contributed by atoms with Crippen molar-refractivity contribution in [1.29, 1.82) is 0 Å². The highest BCUT2D eigenvalue weighted by Crippen LogP contribution is 2.35. The fourth-order valence-corrected chi connectivity index (χ4v) is 3.36. The predicted octanol–water partition coefficient (Wildman–Crippen LogP) is 3.60. The summed E-state index contributed by atoms with van der Waals surface area (Å²) in [5, 5.41) is 9.52. The summed E-state index contributed by atoms with van der Waals surface area (Å²) in [4.78, 5) is 11.3. The summed E-state index contributed by atoms with van der Waals surface area (Å²) in [6.45, 7) is 0. The Bertz CT molecular complexity index is 548. The molecule has 0 bridgehead atoms. The third-order valence-corrected chi connectivity index (χ3v) is 4.01. The molecule has 2 aromatic rings. The molecule has 1 N–H and O–H groups in total. The van der Waals surface area contributed by atoms with Crippen LogP contribution in [-0.2, 0) is 5.75 Å². The standard InChI is InChI=1S/C11H9FO2S2/c1-15-5-6-9-7(12)3-2-4-8(9)16-10(6)11(13)14/h2-4H,5H2,1H3,(H,13,14). The number of fused-ring (bicyclic) bond motifs is 1. The zero-order valence-corrected chi connectivity index (χ0v) is 10.1. The van der Waals surface area contributed by atoms with Gasteiger partial charge in [-0.1, -0.05) is 6.07 Å². The second kappa shape index (κ2) is 4.43. The van der Waals surface area contributed by atoms with E-state index in [-0.39, 0.29) is 10.7 Å². The van der Waals surface area contributed by atoms with Crippen LogP contribution in [0.5, 0.6) is 0 Å². The van der Waals surface area contributed by atoms with Crippen molar-refractivity contribution in [3.05, 3.63) is 34.5 Å². The van der Waals surface area contributed by atoms with Crippen molar-refractivity contribution in [3.8, 4) is 0 Å². The van der Waals surface area contributed by atoms with Crippen LogP contribution in [0.2, 0.25) is 0 Å². The zero-order chi connectivity index (χ0) is 11.7. The lowest BCUT2D eigenvalue weighted by Crippen LogP contribution is -1.96. The van der Waals surface area contributed by atoms with Crippen LogP contribution in [0.1, 0.15) is 15.2 Å². The van der Waals surface area contributed by atoms with E-state index in [4.69, 9.17) is 5.11 Å². The van der Waals surface area contributed by atoms with Crippen LogP contribution < -0.4 is 0 Å². The Morgan fingerprint density at radius 3 is 2.94 bits per heavy atom. The molecule has 0 aliphatic rings. The SMILES string of the molecule is CSCc1c(C(=O)O)sc2cccc(F)c12. The van der Waals surface area contributed by atoms with Crippen molar-refractivity contribution in [2.75, 3.05) is 6.26 Å². The molecule has 0 fully saturated rings. The number of thiophene rings is 1. The van der Waals surface area contributed by atoms with Gasteiger partial charge in [0.25, 0.3) is 0 Å². The highest BCUT2D eigenvalue weighted by atomic mass is 32.2. The number of carboxylic acids is 1. The maximum atomic E-state index is 13.7. The highest BCUT2D eigenvalue weighted by Gasteiger charge is 2.19. The number of carboxylic acid groups (broad SMARTS) is 1. The molecule has 0 saturated heterocycles. The van der Waals surface area contributed by atoms with Gasteiger partial charge in [-0.15, -0.1) is 11.3 Å². The summed E-state index contributed by atoms with van der Waals surface area (Å²) in [5.74, 6) is -0.808. The first kappa shape index (κ1) is 11.4. The molecule has 84 valence electrons. The fourth-order valence-electron chi connectivity index (χ4n) is 1.62. The van der Waals surface area contributed by atoms with E-state index < -0.39 is 5.97 Å². The molecular formula is C11H9FO2S2. The number of hydrogen-bond acceptors (Lipinski definition) is 3. The average Bonchev–Trinajstić information content (AvgIpc) is 2.59. The summed E-state index contributed by atoms with van der Waals surface area (Å²) in [5.41, 5.74) is 0.595. The normalized spacial score (nSPS) is 10.9. The first-order valence-electron chi connectivity index (χ1n) is 4.57. The second-order valence-electron chi connectivity index (χ2n) is 3.26. The minimum absolute atomic E-state index is 0.245. The Morgan fingerprint density at radius 1 is 1.56 bits per heavy atom. The quantitative estimate of drug-likeness (QED) is 0.911. The number of rotatable bonds is 3. The summed E-state index contributed by atoms with van der Waals surface area (Å²) in [6.07, 6.45) is 1.87. The van der Waals surface area contributed by atoms with E-state index in [0.717, 1.165) is 11.3 Å². The van der Waals surface area contributed by atoms with E-state index in [1.807, 2.05) is 6.26 Å². The lowest BCUT2D eigenvalue weighted by Gasteiger charge is -1.99. The second-order valence-corrected chi connectivity index (χ2v) is 5.18. The first-order valence-corrected chi connectivity index (χ1v) is 6.78. The largest absolute Gasteiger partial charge is 0.477 e. The third-order valence-electron chi connectivity index (χ3n) is 2.25. The monoisotopic (exact) mass is 256 g/mol.